The van der Waals surface area contributed by atoms with Crippen LogP contribution in [-0.4, -0.2) is 57.8 Å². The number of ketones is 1. The van der Waals surface area contributed by atoms with E-state index in [4.69, 9.17) is 26.2 Å². The minimum Gasteiger partial charge on any atom is -0.490 e. The van der Waals surface area contributed by atoms with Crippen LogP contribution in [0.5, 0.6) is 5.75 Å². The molecule has 8 heteroatoms. The predicted octanol–water partition coefficient (Wildman–Crippen LogP) is 5.75. The number of Topliss-reactive ketones (excluding diaryl/α,β-unsaturated/α-hetero) is 1. The molecule has 1 aromatic heterocycles. The largest absolute Gasteiger partial charge is 0.490 e. The van der Waals surface area contributed by atoms with E-state index < -0.39 is 0 Å². The van der Waals surface area contributed by atoms with Gasteiger partial charge in [0.2, 0.25) is 0 Å². The molecule has 3 aliphatic carbocycles. The smallest absolute Gasteiger partial charge is 0.274 e. The number of hydrogen-bond donors (Lipinski definition) is 0. The Morgan fingerprint density at radius 1 is 0.975 bits per heavy atom. The average Bonchev–Trinajstić information content (AvgIpc) is 3.68. The number of nitrogens with zero attached hydrogens (tertiary/aromatic N) is 3. The Balaban J connectivity index is 1.000. The van der Waals surface area contributed by atoms with Crippen molar-refractivity contribution in [1.82, 2.24) is 14.7 Å². The second kappa shape index (κ2) is 11.8. The summed E-state index contributed by atoms with van der Waals surface area (Å²) in [6, 6.07) is 4.03. The van der Waals surface area contributed by atoms with E-state index in [2.05, 4.69) is 0 Å². The second-order valence-electron chi connectivity index (χ2n) is 12.4. The number of carbonyl (C=O) groups excluding carboxylic acids is 2. The van der Waals surface area contributed by atoms with Crippen LogP contribution >= 0.6 is 11.6 Å². The summed E-state index contributed by atoms with van der Waals surface area (Å²) < 4.78 is 14.1. The molecule has 1 aromatic carbocycles. The van der Waals surface area contributed by atoms with Crippen LogP contribution in [0.4, 0.5) is 0 Å². The van der Waals surface area contributed by atoms with E-state index in [9.17, 15) is 9.59 Å². The average molecular weight is 568 g/mol. The van der Waals surface area contributed by atoms with Crippen LogP contribution in [0.15, 0.2) is 12.1 Å². The van der Waals surface area contributed by atoms with Gasteiger partial charge in [0, 0.05) is 35.8 Å². The van der Waals surface area contributed by atoms with Crippen molar-refractivity contribution in [2.24, 2.45) is 5.92 Å². The molecule has 216 valence electrons. The maximum atomic E-state index is 13.4. The zero-order valence-corrected chi connectivity index (χ0v) is 24.7. The normalized spacial score (nSPS) is 26.0. The van der Waals surface area contributed by atoms with Gasteiger partial charge in [0.25, 0.3) is 5.91 Å². The second-order valence-corrected chi connectivity index (χ2v) is 12.9. The number of halogens is 1. The Bertz CT molecular complexity index is 1260. The molecule has 2 heterocycles. The summed E-state index contributed by atoms with van der Waals surface area (Å²) in [7, 11) is 0. The summed E-state index contributed by atoms with van der Waals surface area (Å²) in [5, 5.41) is 5.58. The highest BCUT2D eigenvalue weighted by Gasteiger charge is 2.33. The third-order valence-electron chi connectivity index (χ3n) is 9.35. The molecule has 0 N–H and O–H groups in total. The standard InChI is InChI=1S/C32H42ClN3O4/c1-20-17-35(18-21(2)39-20)32(38)31-27-7-4-8-29(27)36(34-31)19-23(37)12-9-22-10-13-24(14-11-22)40-30-16-15-28(33)25-5-3-6-26(25)30/h15-16,20-22,24H,3-14,17-19H2,1-2H3/t20-,21+,22?,24?. The van der Waals surface area contributed by atoms with Gasteiger partial charge in [0.05, 0.1) is 24.9 Å². The summed E-state index contributed by atoms with van der Waals surface area (Å²) in [6.45, 7) is 5.44. The number of benzene rings is 1. The van der Waals surface area contributed by atoms with E-state index >= 15 is 0 Å². The molecular weight excluding hydrogens is 526 g/mol. The summed E-state index contributed by atoms with van der Waals surface area (Å²) in [6.07, 6.45) is 12.1. The molecule has 1 saturated heterocycles. The maximum absolute atomic E-state index is 13.4. The van der Waals surface area contributed by atoms with Crippen molar-refractivity contribution in [1.29, 1.82) is 0 Å². The lowest BCUT2D eigenvalue weighted by Gasteiger charge is -2.35. The molecule has 4 aliphatic rings. The summed E-state index contributed by atoms with van der Waals surface area (Å²) in [5.41, 5.74) is 5.26. The summed E-state index contributed by atoms with van der Waals surface area (Å²) >= 11 is 6.39. The van der Waals surface area contributed by atoms with E-state index in [1.54, 1.807) is 0 Å². The lowest BCUT2D eigenvalue weighted by atomic mass is 9.84. The number of morpholine rings is 1. The van der Waals surface area contributed by atoms with Crippen LogP contribution in [0.25, 0.3) is 0 Å². The molecule has 7 nitrogen and oxygen atoms in total. The maximum Gasteiger partial charge on any atom is 0.274 e. The molecule has 0 spiro atoms. The third-order valence-corrected chi connectivity index (χ3v) is 9.70. The van der Waals surface area contributed by atoms with Crippen LogP contribution in [0.2, 0.25) is 5.02 Å². The molecular formula is C32H42ClN3O4. The molecule has 0 bridgehead atoms. The van der Waals surface area contributed by atoms with Crippen molar-refractivity contribution in [3.05, 3.63) is 45.2 Å². The molecule has 1 amide bonds. The first kappa shape index (κ1) is 27.8. The fourth-order valence-corrected chi connectivity index (χ4v) is 7.65. The Kier molecular flexibility index (Phi) is 8.23. The Morgan fingerprint density at radius 2 is 1.68 bits per heavy atom. The van der Waals surface area contributed by atoms with Gasteiger partial charge in [-0.05, 0) is 114 Å². The van der Waals surface area contributed by atoms with Crippen LogP contribution in [0, 0.1) is 5.92 Å². The molecule has 0 radical (unpaired) electrons. The van der Waals surface area contributed by atoms with E-state index in [0.29, 0.717) is 31.1 Å². The van der Waals surface area contributed by atoms with Gasteiger partial charge in [-0.25, -0.2) is 0 Å². The van der Waals surface area contributed by atoms with Gasteiger partial charge < -0.3 is 14.4 Å². The quantitative estimate of drug-likeness (QED) is 0.406. The third kappa shape index (κ3) is 5.82. The highest BCUT2D eigenvalue weighted by molar-refractivity contribution is 6.31. The Hall–Kier alpha value is -2.38. The molecule has 0 unspecified atom stereocenters. The molecule has 6 rings (SSSR count). The highest BCUT2D eigenvalue weighted by atomic mass is 35.5. The summed E-state index contributed by atoms with van der Waals surface area (Å²) in [4.78, 5) is 28.3. The van der Waals surface area contributed by atoms with Gasteiger partial charge in [0.1, 0.15) is 5.75 Å². The molecule has 40 heavy (non-hydrogen) atoms. The van der Waals surface area contributed by atoms with Crippen molar-refractivity contribution in [3.63, 3.8) is 0 Å². The van der Waals surface area contributed by atoms with Crippen LogP contribution < -0.4 is 4.74 Å². The van der Waals surface area contributed by atoms with Crippen molar-refractivity contribution >= 4 is 23.3 Å². The predicted molar refractivity (Wildman–Crippen MR) is 154 cm³/mol. The molecule has 2 aromatic rings. The van der Waals surface area contributed by atoms with Crippen LogP contribution in [0.1, 0.15) is 98.1 Å². The van der Waals surface area contributed by atoms with Crippen molar-refractivity contribution < 1.29 is 19.1 Å². The van der Waals surface area contributed by atoms with Crippen molar-refractivity contribution in [3.8, 4) is 5.75 Å². The number of hydrogen-bond acceptors (Lipinski definition) is 5. The van der Waals surface area contributed by atoms with E-state index in [1.165, 1.54) is 11.1 Å². The van der Waals surface area contributed by atoms with E-state index in [-0.39, 0.29) is 36.5 Å². The van der Waals surface area contributed by atoms with Gasteiger partial charge in [-0.1, -0.05) is 11.6 Å². The Labute approximate surface area is 242 Å². The first-order valence-corrected chi connectivity index (χ1v) is 15.8. The number of fused-ring (bicyclic) bond motifs is 2. The molecule has 2 atom stereocenters. The molecule has 1 saturated carbocycles. The van der Waals surface area contributed by atoms with Gasteiger partial charge in [-0.2, -0.15) is 5.10 Å². The fourth-order valence-electron chi connectivity index (χ4n) is 7.37. The zero-order valence-electron chi connectivity index (χ0n) is 23.9. The number of carbonyl (C=O) groups is 2. The van der Waals surface area contributed by atoms with E-state index in [1.807, 2.05) is 35.6 Å². The number of amides is 1. The minimum absolute atomic E-state index is 0.0178. The fraction of sp³-hybridized carbons (Fsp3) is 0.656. The first-order valence-electron chi connectivity index (χ1n) is 15.4. The number of aromatic nitrogens is 2. The first-order chi connectivity index (χ1) is 19.4. The summed E-state index contributed by atoms with van der Waals surface area (Å²) in [5.74, 6) is 1.78. The van der Waals surface area contributed by atoms with Gasteiger partial charge in [0.15, 0.2) is 11.5 Å². The number of ether oxygens (including phenoxy) is 2. The lowest BCUT2D eigenvalue weighted by molar-refractivity contribution is -0.120. The monoisotopic (exact) mass is 567 g/mol. The topological polar surface area (TPSA) is 73.7 Å². The Morgan fingerprint density at radius 3 is 2.45 bits per heavy atom. The van der Waals surface area contributed by atoms with Gasteiger partial charge in [-0.15, -0.1) is 0 Å². The van der Waals surface area contributed by atoms with Gasteiger partial charge >= 0.3 is 0 Å². The molecule has 1 aliphatic heterocycles. The van der Waals surface area contributed by atoms with Crippen molar-refractivity contribution in [2.75, 3.05) is 13.1 Å². The number of rotatable bonds is 8. The van der Waals surface area contributed by atoms with Crippen molar-refractivity contribution in [2.45, 2.75) is 116 Å². The van der Waals surface area contributed by atoms with E-state index in [0.717, 1.165) is 92.7 Å². The van der Waals surface area contributed by atoms with Crippen LogP contribution in [0.3, 0.4) is 0 Å². The zero-order chi connectivity index (χ0) is 27.8. The minimum atomic E-state index is -0.0196. The van der Waals surface area contributed by atoms with Crippen LogP contribution in [-0.2, 0) is 41.8 Å². The highest BCUT2D eigenvalue weighted by Crippen LogP contribution is 2.38. The lowest BCUT2D eigenvalue weighted by Crippen LogP contribution is -2.48. The molecule has 2 fully saturated rings. The van der Waals surface area contributed by atoms with Gasteiger partial charge in [-0.3, -0.25) is 14.3 Å². The SMILES string of the molecule is C[C@@H]1CN(C(=O)c2nn(CC(=O)CCC3CCC(Oc4ccc(Cl)c5c4CCC5)CC3)c3c2CCC3)C[C@H](C)O1.